The van der Waals surface area contributed by atoms with Crippen molar-refractivity contribution in [2.24, 2.45) is 5.41 Å². The summed E-state index contributed by atoms with van der Waals surface area (Å²) in [5, 5.41) is 3.61. The molecule has 0 aliphatic rings. The normalized spacial score (nSPS) is 11.1. The smallest absolute Gasteiger partial charge is 0.224 e. The second-order valence-corrected chi connectivity index (χ2v) is 4.60. The lowest BCUT2D eigenvalue weighted by molar-refractivity contribution is 0.397. The van der Waals surface area contributed by atoms with Crippen LogP contribution >= 0.6 is 11.6 Å². The highest BCUT2D eigenvalue weighted by molar-refractivity contribution is 6.29. The highest BCUT2D eigenvalue weighted by atomic mass is 35.5. The van der Waals surface area contributed by atoms with Crippen molar-refractivity contribution in [1.29, 1.82) is 0 Å². The number of aromatic nitrogens is 2. The van der Waals surface area contributed by atoms with Gasteiger partial charge in [0.05, 0.1) is 0 Å². The minimum Gasteiger partial charge on any atom is -0.354 e. The summed E-state index contributed by atoms with van der Waals surface area (Å²) in [6.45, 7) is 8.84. The van der Waals surface area contributed by atoms with Gasteiger partial charge in [0.15, 0.2) is 0 Å². The Morgan fingerprint density at radius 3 is 2.93 bits per heavy atom. The molecule has 0 aliphatic heterocycles. The van der Waals surface area contributed by atoms with Crippen LogP contribution in [0.5, 0.6) is 0 Å². The van der Waals surface area contributed by atoms with Crippen LogP contribution in [0, 0.1) is 5.41 Å². The fourth-order valence-corrected chi connectivity index (χ4v) is 1.34. The summed E-state index contributed by atoms with van der Waals surface area (Å²) in [4.78, 5) is 8.12. The summed E-state index contributed by atoms with van der Waals surface area (Å²) in [6.07, 6.45) is 4.50. The molecule has 1 aromatic heterocycles. The van der Waals surface area contributed by atoms with E-state index in [1.165, 1.54) is 0 Å². The zero-order valence-electron chi connectivity index (χ0n) is 9.13. The van der Waals surface area contributed by atoms with E-state index in [-0.39, 0.29) is 5.41 Å². The minimum absolute atomic E-state index is 0.146. The SMILES string of the molecule is C=CCC(C)(C)CNc1nccc(Cl)n1. The Morgan fingerprint density at radius 1 is 1.60 bits per heavy atom. The largest absolute Gasteiger partial charge is 0.354 e. The van der Waals surface area contributed by atoms with Crippen molar-refractivity contribution in [3.05, 3.63) is 30.1 Å². The van der Waals surface area contributed by atoms with Crippen LogP contribution in [0.1, 0.15) is 20.3 Å². The van der Waals surface area contributed by atoms with E-state index >= 15 is 0 Å². The van der Waals surface area contributed by atoms with Gasteiger partial charge in [-0.05, 0) is 17.9 Å². The number of anilines is 1. The van der Waals surface area contributed by atoms with E-state index < -0.39 is 0 Å². The first-order valence-corrected chi connectivity index (χ1v) is 5.25. The molecule has 0 saturated carbocycles. The Labute approximate surface area is 95.6 Å². The number of nitrogens with zero attached hydrogens (tertiary/aromatic N) is 2. The molecule has 1 N–H and O–H groups in total. The fraction of sp³-hybridized carbons (Fsp3) is 0.455. The van der Waals surface area contributed by atoms with Crippen LogP contribution in [0.15, 0.2) is 24.9 Å². The van der Waals surface area contributed by atoms with E-state index in [9.17, 15) is 0 Å². The van der Waals surface area contributed by atoms with Crippen LogP contribution in [0.25, 0.3) is 0 Å². The Balaban J connectivity index is 2.53. The maximum absolute atomic E-state index is 5.75. The summed E-state index contributed by atoms with van der Waals surface area (Å²) >= 11 is 5.75. The molecule has 0 aromatic carbocycles. The Kier molecular flexibility index (Phi) is 4.09. The van der Waals surface area contributed by atoms with Crippen LogP contribution in [0.3, 0.4) is 0 Å². The van der Waals surface area contributed by atoms with Crippen molar-refractivity contribution in [1.82, 2.24) is 9.97 Å². The molecule has 0 radical (unpaired) electrons. The third kappa shape index (κ3) is 4.30. The maximum Gasteiger partial charge on any atom is 0.224 e. The van der Waals surface area contributed by atoms with E-state index in [0.29, 0.717) is 11.1 Å². The quantitative estimate of drug-likeness (QED) is 0.618. The second-order valence-electron chi connectivity index (χ2n) is 4.21. The molecule has 0 fully saturated rings. The van der Waals surface area contributed by atoms with Crippen LogP contribution in [-0.2, 0) is 0 Å². The standard InChI is InChI=1S/C11H16ClN3/c1-4-6-11(2,3)8-14-10-13-7-5-9(12)15-10/h4-5,7H,1,6,8H2,2-3H3,(H,13,14,15). The average Bonchev–Trinajstić information content (AvgIpc) is 2.15. The van der Waals surface area contributed by atoms with Gasteiger partial charge in [0.25, 0.3) is 0 Å². The van der Waals surface area contributed by atoms with Gasteiger partial charge in [-0.1, -0.05) is 31.5 Å². The highest BCUT2D eigenvalue weighted by Crippen LogP contribution is 2.20. The molecule has 82 valence electrons. The first-order chi connectivity index (χ1) is 7.03. The molecular weight excluding hydrogens is 210 g/mol. The van der Waals surface area contributed by atoms with Gasteiger partial charge >= 0.3 is 0 Å². The lowest BCUT2D eigenvalue weighted by atomic mass is 9.89. The number of nitrogens with one attached hydrogen (secondary N) is 1. The molecule has 1 rings (SSSR count). The number of rotatable bonds is 5. The summed E-state index contributed by atoms with van der Waals surface area (Å²) < 4.78 is 0. The molecule has 0 atom stereocenters. The molecule has 0 amide bonds. The Morgan fingerprint density at radius 2 is 2.33 bits per heavy atom. The van der Waals surface area contributed by atoms with Crippen molar-refractivity contribution >= 4 is 17.5 Å². The molecule has 0 unspecified atom stereocenters. The molecule has 1 aromatic rings. The third-order valence-electron chi connectivity index (χ3n) is 2.04. The first kappa shape index (κ1) is 12.0. The van der Waals surface area contributed by atoms with Gasteiger partial charge < -0.3 is 5.32 Å². The molecule has 1 heterocycles. The van der Waals surface area contributed by atoms with Gasteiger partial charge in [-0.2, -0.15) is 0 Å². The van der Waals surface area contributed by atoms with Crippen LogP contribution < -0.4 is 5.32 Å². The predicted octanol–water partition coefficient (Wildman–Crippen LogP) is 3.14. The van der Waals surface area contributed by atoms with Gasteiger partial charge in [-0.3, -0.25) is 0 Å². The van der Waals surface area contributed by atoms with Gasteiger partial charge in [0, 0.05) is 12.7 Å². The molecule has 0 aliphatic carbocycles. The lowest BCUT2D eigenvalue weighted by Crippen LogP contribution is -2.23. The van der Waals surface area contributed by atoms with Crippen LogP contribution in [0.4, 0.5) is 5.95 Å². The predicted molar refractivity (Wildman–Crippen MR) is 64.1 cm³/mol. The molecule has 0 spiro atoms. The third-order valence-corrected chi connectivity index (χ3v) is 2.25. The topological polar surface area (TPSA) is 37.8 Å². The van der Waals surface area contributed by atoms with Crippen LogP contribution in [-0.4, -0.2) is 16.5 Å². The summed E-state index contributed by atoms with van der Waals surface area (Å²) in [7, 11) is 0. The van der Waals surface area contributed by atoms with Gasteiger partial charge in [0.1, 0.15) is 5.15 Å². The number of hydrogen-bond donors (Lipinski definition) is 1. The summed E-state index contributed by atoms with van der Waals surface area (Å²) in [5.41, 5.74) is 0.146. The molecule has 0 bridgehead atoms. The van der Waals surface area contributed by atoms with Gasteiger partial charge in [-0.25, -0.2) is 9.97 Å². The number of allylic oxidation sites excluding steroid dienone is 1. The van der Waals surface area contributed by atoms with Gasteiger partial charge in [0.2, 0.25) is 5.95 Å². The van der Waals surface area contributed by atoms with E-state index in [1.54, 1.807) is 12.3 Å². The number of hydrogen-bond acceptors (Lipinski definition) is 3. The van der Waals surface area contributed by atoms with E-state index in [1.807, 2.05) is 6.08 Å². The van der Waals surface area contributed by atoms with Crippen molar-refractivity contribution in [3.63, 3.8) is 0 Å². The summed E-state index contributed by atoms with van der Waals surface area (Å²) in [5.74, 6) is 0.569. The van der Waals surface area contributed by atoms with Crippen molar-refractivity contribution in [2.75, 3.05) is 11.9 Å². The minimum atomic E-state index is 0.146. The highest BCUT2D eigenvalue weighted by Gasteiger charge is 2.15. The number of halogens is 1. The monoisotopic (exact) mass is 225 g/mol. The lowest BCUT2D eigenvalue weighted by Gasteiger charge is -2.23. The molecule has 15 heavy (non-hydrogen) atoms. The van der Waals surface area contributed by atoms with Crippen molar-refractivity contribution in [3.8, 4) is 0 Å². The summed E-state index contributed by atoms with van der Waals surface area (Å²) in [6, 6.07) is 1.65. The molecule has 3 nitrogen and oxygen atoms in total. The van der Waals surface area contributed by atoms with Crippen molar-refractivity contribution in [2.45, 2.75) is 20.3 Å². The van der Waals surface area contributed by atoms with Crippen molar-refractivity contribution < 1.29 is 0 Å². The Bertz CT molecular complexity index is 336. The zero-order valence-corrected chi connectivity index (χ0v) is 9.88. The maximum atomic E-state index is 5.75. The van der Waals surface area contributed by atoms with E-state index in [0.717, 1.165) is 13.0 Å². The molecular formula is C11H16ClN3. The second kappa shape index (κ2) is 5.12. The van der Waals surface area contributed by atoms with E-state index in [2.05, 4.69) is 35.7 Å². The van der Waals surface area contributed by atoms with Gasteiger partial charge in [-0.15, -0.1) is 6.58 Å². The zero-order chi connectivity index (χ0) is 11.3. The average molecular weight is 226 g/mol. The Hall–Kier alpha value is -1.09. The van der Waals surface area contributed by atoms with E-state index in [4.69, 9.17) is 11.6 Å². The first-order valence-electron chi connectivity index (χ1n) is 4.87. The fourth-order valence-electron chi connectivity index (χ4n) is 1.20. The van der Waals surface area contributed by atoms with Crippen LogP contribution in [0.2, 0.25) is 5.15 Å². The molecule has 0 saturated heterocycles. The molecule has 4 heteroatoms.